The highest BCUT2D eigenvalue weighted by Gasteiger charge is 2.21. The van der Waals surface area contributed by atoms with Crippen LogP contribution < -0.4 is 5.43 Å². The van der Waals surface area contributed by atoms with Crippen molar-refractivity contribution in [1.29, 1.82) is 0 Å². The van der Waals surface area contributed by atoms with Gasteiger partial charge in [0.2, 0.25) is 5.43 Å². The van der Waals surface area contributed by atoms with Gasteiger partial charge in [0.15, 0.2) is 0 Å². The van der Waals surface area contributed by atoms with E-state index in [0.29, 0.717) is 17.0 Å². The molecule has 1 aliphatic rings. The molecule has 3 aromatic rings. The van der Waals surface area contributed by atoms with Crippen LogP contribution in [-0.4, -0.2) is 9.97 Å². The van der Waals surface area contributed by atoms with Crippen LogP contribution in [0.1, 0.15) is 22.4 Å². The quantitative estimate of drug-likeness (QED) is 0.788. The van der Waals surface area contributed by atoms with Crippen molar-refractivity contribution in [3.8, 4) is 0 Å². The van der Waals surface area contributed by atoms with Crippen molar-refractivity contribution < 1.29 is 0 Å². The molecular weight excluding hydrogens is 272 g/mol. The van der Waals surface area contributed by atoms with Gasteiger partial charge in [-0.15, -0.1) is 0 Å². The normalized spacial score (nSPS) is 14.4. The van der Waals surface area contributed by atoms with E-state index in [9.17, 15) is 4.79 Å². The van der Waals surface area contributed by atoms with Gasteiger partial charge >= 0.3 is 0 Å². The summed E-state index contributed by atoms with van der Waals surface area (Å²) in [6.07, 6.45) is 4.90. The lowest BCUT2D eigenvalue weighted by Crippen LogP contribution is -2.11. The van der Waals surface area contributed by atoms with E-state index in [1.807, 2.05) is 19.1 Å². The number of nitrogens with one attached hydrogen (secondary N) is 1. The lowest BCUT2D eigenvalue weighted by Gasteiger charge is -2.09. The fourth-order valence-electron chi connectivity index (χ4n) is 3.43. The van der Waals surface area contributed by atoms with E-state index in [1.54, 1.807) is 6.20 Å². The van der Waals surface area contributed by atoms with Crippen LogP contribution in [0.4, 0.5) is 0 Å². The van der Waals surface area contributed by atoms with Gasteiger partial charge in [0.25, 0.3) is 0 Å². The number of aromatic nitrogens is 2. The SMILES string of the molecule is Cc1c[nH]c2ccc(CC3Cc4ccccc4C3)nc2c1=O. The molecule has 0 spiro atoms. The fraction of sp³-hybridized carbons (Fsp3) is 0.263. The van der Waals surface area contributed by atoms with Crippen molar-refractivity contribution in [2.24, 2.45) is 5.92 Å². The van der Waals surface area contributed by atoms with E-state index < -0.39 is 0 Å². The first-order chi connectivity index (χ1) is 10.7. The molecule has 0 fully saturated rings. The van der Waals surface area contributed by atoms with Gasteiger partial charge < -0.3 is 4.98 Å². The Labute approximate surface area is 129 Å². The van der Waals surface area contributed by atoms with E-state index in [4.69, 9.17) is 0 Å². The number of rotatable bonds is 2. The maximum Gasteiger partial charge on any atom is 0.210 e. The van der Waals surface area contributed by atoms with E-state index in [-0.39, 0.29) is 5.43 Å². The minimum Gasteiger partial charge on any atom is -0.359 e. The molecule has 2 heterocycles. The smallest absolute Gasteiger partial charge is 0.210 e. The molecule has 1 N–H and O–H groups in total. The Morgan fingerprint density at radius 1 is 1.14 bits per heavy atom. The fourth-order valence-corrected chi connectivity index (χ4v) is 3.43. The third-order valence-electron chi connectivity index (χ3n) is 4.60. The van der Waals surface area contributed by atoms with Gasteiger partial charge in [-0.05, 0) is 55.4 Å². The number of hydrogen-bond acceptors (Lipinski definition) is 2. The zero-order valence-electron chi connectivity index (χ0n) is 12.6. The highest BCUT2D eigenvalue weighted by atomic mass is 16.1. The van der Waals surface area contributed by atoms with Crippen molar-refractivity contribution in [3.05, 3.63) is 75.2 Å². The molecule has 0 bridgehead atoms. The predicted molar refractivity (Wildman–Crippen MR) is 88.1 cm³/mol. The predicted octanol–water partition coefficient (Wildman–Crippen LogP) is 3.19. The maximum absolute atomic E-state index is 12.2. The molecule has 0 aliphatic heterocycles. The van der Waals surface area contributed by atoms with Crippen LogP contribution in [0.15, 0.2) is 47.4 Å². The Kier molecular flexibility index (Phi) is 3.07. The lowest BCUT2D eigenvalue weighted by molar-refractivity contribution is 0.552. The third kappa shape index (κ3) is 2.23. The van der Waals surface area contributed by atoms with Crippen molar-refractivity contribution in [3.63, 3.8) is 0 Å². The van der Waals surface area contributed by atoms with Crippen molar-refractivity contribution >= 4 is 11.0 Å². The summed E-state index contributed by atoms with van der Waals surface area (Å²) in [5, 5.41) is 0. The molecule has 1 aromatic carbocycles. The lowest BCUT2D eigenvalue weighted by atomic mass is 9.99. The average Bonchev–Trinajstić information content (AvgIpc) is 2.93. The molecule has 3 nitrogen and oxygen atoms in total. The Morgan fingerprint density at radius 2 is 1.86 bits per heavy atom. The summed E-state index contributed by atoms with van der Waals surface area (Å²) in [5.74, 6) is 0.589. The molecule has 22 heavy (non-hydrogen) atoms. The second kappa shape index (κ2) is 5.09. The molecular formula is C19H18N2O. The number of H-pyrrole nitrogens is 1. The first-order valence-electron chi connectivity index (χ1n) is 7.75. The first kappa shape index (κ1) is 13.3. The molecule has 0 saturated heterocycles. The molecule has 2 aromatic heterocycles. The molecule has 4 rings (SSSR count). The largest absolute Gasteiger partial charge is 0.359 e. The van der Waals surface area contributed by atoms with E-state index in [0.717, 1.165) is 30.5 Å². The van der Waals surface area contributed by atoms with Gasteiger partial charge in [-0.1, -0.05) is 24.3 Å². The van der Waals surface area contributed by atoms with Crippen LogP contribution in [0.2, 0.25) is 0 Å². The van der Waals surface area contributed by atoms with Crippen LogP contribution >= 0.6 is 0 Å². The van der Waals surface area contributed by atoms with Crippen molar-refractivity contribution in [1.82, 2.24) is 9.97 Å². The van der Waals surface area contributed by atoms with Crippen LogP contribution in [-0.2, 0) is 19.3 Å². The van der Waals surface area contributed by atoms with Crippen LogP contribution in [0, 0.1) is 12.8 Å². The number of pyridine rings is 2. The molecule has 3 heteroatoms. The van der Waals surface area contributed by atoms with Crippen LogP contribution in [0.5, 0.6) is 0 Å². The van der Waals surface area contributed by atoms with Gasteiger partial charge in [-0.25, -0.2) is 4.98 Å². The molecule has 1 aliphatic carbocycles. The molecule has 110 valence electrons. The minimum atomic E-state index is 0.0327. The minimum absolute atomic E-state index is 0.0327. The van der Waals surface area contributed by atoms with E-state index >= 15 is 0 Å². The van der Waals surface area contributed by atoms with Gasteiger partial charge in [-0.2, -0.15) is 0 Å². The van der Waals surface area contributed by atoms with Gasteiger partial charge in [-0.3, -0.25) is 4.79 Å². The standard InChI is InChI=1S/C19H18N2O/c1-12-11-20-17-7-6-16(21-18(17)19(12)22)10-13-8-14-4-2-3-5-15(14)9-13/h2-7,11,13H,8-10H2,1H3,(H,20,22). The first-order valence-corrected chi connectivity index (χ1v) is 7.75. The Morgan fingerprint density at radius 3 is 2.59 bits per heavy atom. The van der Waals surface area contributed by atoms with Crippen LogP contribution in [0.3, 0.4) is 0 Å². The zero-order chi connectivity index (χ0) is 15.1. The van der Waals surface area contributed by atoms with Crippen molar-refractivity contribution in [2.75, 3.05) is 0 Å². The van der Waals surface area contributed by atoms with Crippen LogP contribution in [0.25, 0.3) is 11.0 Å². The summed E-state index contributed by atoms with van der Waals surface area (Å²) in [6, 6.07) is 12.7. The highest BCUT2D eigenvalue weighted by Crippen LogP contribution is 2.28. The van der Waals surface area contributed by atoms with Gasteiger partial charge in [0.05, 0.1) is 5.52 Å². The van der Waals surface area contributed by atoms with E-state index in [2.05, 4.69) is 34.2 Å². The number of hydrogen-bond donors (Lipinski definition) is 1. The number of benzene rings is 1. The molecule has 0 saturated carbocycles. The number of fused-ring (bicyclic) bond motifs is 2. The number of aryl methyl sites for hydroxylation is 1. The zero-order valence-corrected chi connectivity index (χ0v) is 12.6. The third-order valence-corrected chi connectivity index (χ3v) is 4.60. The molecule has 0 radical (unpaired) electrons. The Balaban J connectivity index is 1.63. The number of nitrogens with zero attached hydrogens (tertiary/aromatic N) is 1. The molecule has 0 amide bonds. The second-order valence-corrected chi connectivity index (χ2v) is 6.25. The number of aromatic amines is 1. The average molecular weight is 290 g/mol. The summed E-state index contributed by atoms with van der Waals surface area (Å²) in [4.78, 5) is 20.0. The summed E-state index contributed by atoms with van der Waals surface area (Å²) < 4.78 is 0. The molecule has 0 unspecified atom stereocenters. The summed E-state index contributed by atoms with van der Waals surface area (Å²) >= 11 is 0. The Bertz CT molecular complexity index is 886. The maximum atomic E-state index is 12.2. The van der Waals surface area contributed by atoms with E-state index in [1.165, 1.54) is 11.1 Å². The topological polar surface area (TPSA) is 45.8 Å². The second-order valence-electron chi connectivity index (χ2n) is 6.25. The summed E-state index contributed by atoms with van der Waals surface area (Å²) in [5.41, 5.74) is 6.06. The summed E-state index contributed by atoms with van der Waals surface area (Å²) in [6.45, 7) is 1.82. The van der Waals surface area contributed by atoms with Crippen molar-refractivity contribution in [2.45, 2.75) is 26.2 Å². The monoisotopic (exact) mass is 290 g/mol. The van der Waals surface area contributed by atoms with Gasteiger partial charge in [0.1, 0.15) is 5.52 Å². The molecule has 0 atom stereocenters. The van der Waals surface area contributed by atoms with Gasteiger partial charge in [0, 0.05) is 17.5 Å². The highest BCUT2D eigenvalue weighted by molar-refractivity contribution is 5.74. The summed E-state index contributed by atoms with van der Waals surface area (Å²) in [7, 11) is 0. The Hall–Kier alpha value is -2.42.